The van der Waals surface area contributed by atoms with Gasteiger partial charge >= 0.3 is 6.09 Å². The fourth-order valence-corrected chi connectivity index (χ4v) is 2.03. The van der Waals surface area contributed by atoms with E-state index >= 15 is 0 Å². The maximum absolute atomic E-state index is 12.1. The number of aromatic nitrogens is 1. The highest BCUT2D eigenvalue weighted by Crippen LogP contribution is 2.35. The van der Waals surface area contributed by atoms with Gasteiger partial charge in [0.25, 0.3) is 0 Å². The molecular formula is C13H18N2O3. The van der Waals surface area contributed by atoms with E-state index in [0.29, 0.717) is 6.54 Å². The molecule has 1 amide bonds. The Balaban J connectivity index is 2.24. The molecule has 1 aliphatic rings. The average molecular weight is 250 g/mol. The van der Waals surface area contributed by atoms with E-state index in [9.17, 15) is 9.90 Å². The topological polar surface area (TPSA) is 62.7 Å². The minimum Gasteiger partial charge on any atom is -0.443 e. The Kier molecular flexibility index (Phi) is 3.26. The van der Waals surface area contributed by atoms with Crippen LogP contribution in [0.15, 0.2) is 18.5 Å². The molecule has 18 heavy (non-hydrogen) atoms. The molecule has 2 rings (SSSR count). The summed E-state index contributed by atoms with van der Waals surface area (Å²) in [5.41, 5.74) is 1.14. The zero-order valence-electron chi connectivity index (χ0n) is 10.9. The summed E-state index contributed by atoms with van der Waals surface area (Å²) in [6.45, 7) is 5.93. The van der Waals surface area contributed by atoms with Crippen LogP contribution in [-0.4, -0.2) is 34.9 Å². The lowest BCUT2D eigenvalue weighted by Crippen LogP contribution is -2.36. The molecule has 0 unspecified atom stereocenters. The number of fused-ring (bicyclic) bond motifs is 1. The van der Waals surface area contributed by atoms with Crippen LogP contribution in [0.5, 0.6) is 0 Å². The molecule has 1 N–H and O–H groups in total. The van der Waals surface area contributed by atoms with Crippen LogP contribution in [-0.2, 0) is 4.74 Å². The van der Waals surface area contributed by atoms with Gasteiger partial charge in [0.1, 0.15) is 5.60 Å². The molecule has 0 radical (unpaired) electrons. The van der Waals surface area contributed by atoms with Gasteiger partial charge in [-0.1, -0.05) is 0 Å². The van der Waals surface area contributed by atoms with Crippen molar-refractivity contribution in [2.24, 2.45) is 0 Å². The quantitative estimate of drug-likeness (QED) is 0.827. The molecule has 0 aromatic carbocycles. The van der Waals surface area contributed by atoms with E-state index in [2.05, 4.69) is 4.98 Å². The molecule has 0 saturated heterocycles. The summed E-state index contributed by atoms with van der Waals surface area (Å²) < 4.78 is 5.35. The largest absolute Gasteiger partial charge is 0.443 e. The van der Waals surface area contributed by atoms with Crippen LogP contribution >= 0.6 is 0 Å². The molecule has 2 heterocycles. The first-order valence-corrected chi connectivity index (χ1v) is 5.97. The highest BCUT2D eigenvalue weighted by atomic mass is 16.6. The molecule has 0 spiro atoms. The zero-order chi connectivity index (χ0) is 13.3. The summed E-state index contributed by atoms with van der Waals surface area (Å²) in [5, 5.41) is 9.35. The van der Waals surface area contributed by atoms with Crippen LogP contribution < -0.4 is 4.90 Å². The van der Waals surface area contributed by atoms with Crippen LogP contribution in [0.3, 0.4) is 0 Å². The molecule has 0 fully saturated rings. The van der Waals surface area contributed by atoms with E-state index < -0.39 is 11.7 Å². The number of hydrogen-bond acceptors (Lipinski definition) is 4. The van der Waals surface area contributed by atoms with Gasteiger partial charge in [-0.3, -0.25) is 9.88 Å². The second-order valence-corrected chi connectivity index (χ2v) is 5.40. The van der Waals surface area contributed by atoms with Crippen molar-refractivity contribution < 1.29 is 14.6 Å². The van der Waals surface area contributed by atoms with E-state index in [1.54, 1.807) is 12.4 Å². The first-order valence-electron chi connectivity index (χ1n) is 5.97. The van der Waals surface area contributed by atoms with Crippen molar-refractivity contribution in [2.75, 3.05) is 18.1 Å². The molecule has 0 aliphatic carbocycles. The lowest BCUT2D eigenvalue weighted by Gasteiger charge is -2.24. The predicted octanol–water partition coefficient (Wildman–Crippen LogP) is 1.91. The first-order chi connectivity index (χ1) is 8.42. The number of carbonyl (C=O) groups is 1. The third-order valence-electron chi connectivity index (χ3n) is 2.80. The van der Waals surface area contributed by atoms with Gasteiger partial charge in [-0.05, 0) is 32.4 Å². The number of rotatable bonds is 1. The summed E-state index contributed by atoms with van der Waals surface area (Å²) in [5.74, 6) is -0.0597. The molecule has 0 bridgehead atoms. The van der Waals surface area contributed by atoms with Crippen LogP contribution in [0.2, 0.25) is 0 Å². The van der Waals surface area contributed by atoms with Crippen molar-refractivity contribution in [3.8, 4) is 0 Å². The normalized spacial score (nSPS) is 18.7. The molecule has 1 aromatic heterocycles. The smallest absolute Gasteiger partial charge is 0.414 e. The minimum atomic E-state index is -0.531. The highest BCUT2D eigenvalue weighted by Gasteiger charge is 2.34. The Morgan fingerprint density at radius 1 is 1.61 bits per heavy atom. The predicted molar refractivity (Wildman–Crippen MR) is 67.6 cm³/mol. The molecule has 5 heteroatoms. The summed E-state index contributed by atoms with van der Waals surface area (Å²) >= 11 is 0. The van der Waals surface area contributed by atoms with Gasteiger partial charge in [0.15, 0.2) is 0 Å². The van der Waals surface area contributed by atoms with Gasteiger partial charge in [0.2, 0.25) is 0 Å². The molecule has 1 aromatic rings. The van der Waals surface area contributed by atoms with Crippen LogP contribution in [0, 0.1) is 0 Å². The third-order valence-corrected chi connectivity index (χ3v) is 2.80. The van der Waals surface area contributed by atoms with Crippen molar-refractivity contribution in [3.05, 3.63) is 24.0 Å². The van der Waals surface area contributed by atoms with Crippen LogP contribution in [0.25, 0.3) is 0 Å². The fraction of sp³-hybridized carbons (Fsp3) is 0.538. The fourth-order valence-electron chi connectivity index (χ4n) is 2.03. The van der Waals surface area contributed by atoms with Crippen molar-refractivity contribution in [2.45, 2.75) is 32.3 Å². The average Bonchev–Trinajstić information content (AvgIpc) is 2.65. The summed E-state index contributed by atoms with van der Waals surface area (Å²) in [7, 11) is 0. The maximum atomic E-state index is 12.1. The van der Waals surface area contributed by atoms with Crippen molar-refractivity contribution in [3.63, 3.8) is 0 Å². The Labute approximate surface area is 106 Å². The number of aliphatic hydroxyl groups excluding tert-OH is 1. The van der Waals surface area contributed by atoms with E-state index in [4.69, 9.17) is 4.74 Å². The van der Waals surface area contributed by atoms with Gasteiger partial charge in [-0.25, -0.2) is 4.79 Å². The standard InChI is InChI=1S/C13H18N2O3/c1-13(2,3)18-12(17)15-7-9(8-16)10-4-5-14-6-11(10)15/h4-6,9,16H,7-8H2,1-3H3/t9-/m1/s1. The summed E-state index contributed by atoms with van der Waals surface area (Å²) in [4.78, 5) is 17.6. The SMILES string of the molecule is CC(C)(C)OC(=O)N1C[C@H](CO)c2ccncc21. The van der Waals surface area contributed by atoms with E-state index in [-0.39, 0.29) is 12.5 Å². The zero-order valence-corrected chi connectivity index (χ0v) is 10.9. The number of aliphatic hydroxyl groups is 1. The van der Waals surface area contributed by atoms with Crippen molar-refractivity contribution in [1.29, 1.82) is 0 Å². The molecule has 1 atom stereocenters. The Morgan fingerprint density at radius 3 is 2.94 bits per heavy atom. The Bertz CT molecular complexity index is 454. The second kappa shape index (κ2) is 4.57. The lowest BCUT2D eigenvalue weighted by molar-refractivity contribution is 0.0581. The number of hydrogen-bond donors (Lipinski definition) is 1. The van der Waals surface area contributed by atoms with Crippen LogP contribution in [0.1, 0.15) is 32.3 Å². The summed E-state index contributed by atoms with van der Waals surface area (Å²) in [6.07, 6.45) is 2.90. The number of pyridine rings is 1. The first kappa shape index (κ1) is 12.8. The number of nitrogens with zero attached hydrogens (tertiary/aromatic N) is 2. The van der Waals surface area contributed by atoms with Gasteiger partial charge in [-0.2, -0.15) is 0 Å². The van der Waals surface area contributed by atoms with Crippen LogP contribution in [0.4, 0.5) is 10.5 Å². The Hall–Kier alpha value is -1.62. The van der Waals surface area contributed by atoms with Gasteiger partial charge in [0, 0.05) is 18.7 Å². The number of anilines is 1. The summed E-state index contributed by atoms with van der Waals surface area (Å²) in [6, 6.07) is 1.83. The third kappa shape index (κ3) is 2.46. The lowest BCUT2D eigenvalue weighted by atomic mass is 10.0. The minimum absolute atomic E-state index is 0.0102. The van der Waals surface area contributed by atoms with Gasteiger partial charge in [-0.15, -0.1) is 0 Å². The number of carbonyl (C=O) groups excluding carboxylic acids is 1. The number of ether oxygens (including phenoxy) is 1. The number of amides is 1. The maximum Gasteiger partial charge on any atom is 0.414 e. The monoisotopic (exact) mass is 250 g/mol. The molecule has 98 valence electrons. The molecule has 5 nitrogen and oxygen atoms in total. The van der Waals surface area contributed by atoms with E-state index in [0.717, 1.165) is 11.3 Å². The van der Waals surface area contributed by atoms with Gasteiger partial charge < -0.3 is 9.84 Å². The molecule has 1 aliphatic heterocycles. The molecular weight excluding hydrogens is 232 g/mol. The highest BCUT2D eigenvalue weighted by molar-refractivity contribution is 5.90. The molecule has 0 saturated carbocycles. The Morgan fingerprint density at radius 2 is 2.33 bits per heavy atom. The van der Waals surface area contributed by atoms with E-state index in [1.807, 2.05) is 26.8 Å². The van der Waals surface area contributed by atoms with E-state index in [1.165, 1.54) is 4.90 Å². The van der Waals surface area contributed by atoms with Crippen molar-refractivity contribution >= 4 is 11.8 Å². The van der Waals surface area contributed by atoms with Gasteiger partial charge in [0.05, 0.1) is 18.5 Å². The second-order valence-electron chi connectivity index (χ2n) is 5.40. The van der Waals surface area contributed by atoms with Crippen molar-refractivity contribution in [1.82, 2.24) is 4.98 Å².